The van der Waals surface area contributed by atoms with Crippen molar-refractivity contribution in [3.05, 3.63) is 47.4 Å². The van der Waals surface area contributed by atoms with Crippen LogP contribution < -0.4 is 5.32 Å². The van der Waals surface area contributed by atoms with Crippen molar-refractivity contribution in [1.29, 1.82) is 0 Å². The number of alkyl halides is 3. The predicted molar refractivity (Wildman–Crippen MR) is 74.6 cm³/mol. The molecule has 5 nitrogen and oxygen atoms in total. The SMILES string of the molecule is O=C(Cc1cn2ccccc2n1)Nc1ncc(C(F)(F)F)s1. The molecule has 0 aliphatic heterocycles. The summed E-state index contributed by atoms with van der Waals surface area (Å²) in [5, 5.41) is 2.26. The largest absolute Gasteiger partial charge is 0.427 e. The van der Waals surface area contributed by atoms with Gasteiger partial charge in [0.05, 0.1) is 18.3 Å². The fourth-order valence-corrected chi connectivity index (χ4v) is 2.56. The van der Waals surface area contributed by atoms with Gasteiger partial charge in [-0.25, -0.2) is 9.97 Å². The van der Waals surface area contributed by atoms with Crippen LogP contribution in [0.1, 0.15) is 10.6 Å². The van der Waals surface area contributed by atoms with Crippen molar-refractivity contribution >= 4 is 28.0 Å². The highest BCUT2D eigenvalue weighted by Crippen LogP contribution is 2.34. The fourth-order valence-electron chi connectivity index (χ4n) is 1.86. The molecule has 9 heteroatoms. The highest BCUT2D eigenvalue weighted by Gasteiger charge is 2.33. The van der Waals surface area contributed by atoms with E-state index in [1.54, 1.807) is 22.9 Å². The molecule has 0 aliphatic rings. The van der Waals surface area contributed by atoms with Crippen LogP contribution in [0.3, 0.4) is 0 Å². The summed E-state index contributed by atoms with van der Waals surface area (Å²) in [6, 6.07) is 5.44. The minimum absolute atomic E-state index is 0.0391. The first-order valence-electron chi connectivity index (χ1n) is 6.17. The minimum Gasteiger partial charge on any atom is -0.307 e. The molecule has 0 saturated carbocycles. The van der Waals surface area contributed by atoms with Crippen LogP contribution in [-0.2, 0) is 17.4 Å². The number of imidazole rings is 1. The number of amides is 1. The van der Waals surface area contributed by atoms with Crippen LogP contribution in [0.15, 0.2) is 36.8 Å². The van der Waals surface area contributed by atoms with Gasteiger partial charge in [-0.15, -0.1) is 0 Å². The van der Waals surface area contributed by atoms with E-state index in [9.17, 15) is 18.0 Å². The highest BCUT2D eigenvalue weighted by atomic mass is 32.1. The van der Waals surface area contributed by atoms with Crippen molar-refractivity contribution in [2.24, 2.45) is 0 Å². The summed E-state index contributed by atoms with van der Waals surface area (Å²) in [5.41, 5.74) is 1.22. The molecule has 3 aromatic heterocycles. The summed E-state index contributed by atoms with van der Waals surface area (Å²) in [6.45, 7) is 0. The van der Waals surface area contributed by atoms with Crippen molar-refractivity contribution in [3.8, 4) is 0 Å². The van der Waals surface area contributed by atoms with E-state index >= 15 is 0 Å². The Bertz CT molecular complexity index is 791. The van der Waals surface area contributed by atoms with Crippen molar-refractivity contribution in [2.75, 3.05) is 5.32 Å². The molecule has 0 bridgehead atoms. The fraction of sp³-hybridized carbons (Fsp3) is 0.154. The monoisotopic (exact) mass is 326 g/mol. The number of rotatable bonds is 3. The first-order chi connectivity index (χ1) is 10.4. The third kappa shape index (κ3) is 3.08. The van der Waals surface area contributed by atoms with Gasteiger partial charge >= 0.3 is 6.18 Å². The van der Waals surface area contributed by atoms with Gasteiger partial charge in [0, 0.05) is 12.4 Å². The van der Waals surface area contributed by atoms with E-state index in [1.165, 1.54) is 0 Å². The van der Waals surface area contributed by atoms with Crippen molar-refractivity contribution in [1.82, 2.24) is 14.4 Å². The first kappa shape index (κ1) is 14.5. The molecule has 3 aromatic rings. The Morgan fingerprint density at radius 1 is 1.36 bits per heavy atom. The van der Waals surface area contributed by atoms with Gasteiger partial charge in [0.25, 0.3) is 0 Å². The molecule has 0 spiro atoms. The van der Waals surface area contributed by atoms with E-state index in [0.717, 1.165) is 0 Å². The van der Waals surface area contributed by atoms with Gasteiger partial charge in [0.2, 0.25) is 5.91 Å². The number of thiazole rings is 1. The molecule has 1 amide bonds. The molecule has 3 heterocycles. The number of aromatic nitrogens is 3. The maximum absolute atomic E-state index is 12.4. The summed E-state index contributed by atoms with van der Waals surface area (Å²) in [4.78, 5) is 18.8. The van der Waals surface area contributed by atoms with Crippen LogP contribution in [0.25, 0.3) is 5.65 Å². The van der Waals surface area contributed by atoms with E-state index in [1.807, 2.05) is 12.1 Å². The van der Waals surface area contributed by atoms with Crippen LogP contribution in [0, 0.1) is 0 Å². The lowest BCUT2D eigenvalue weighted by molar-refractivity contribution is -0.134. The lowest BCUT2D eigenvalue weighted by atomic mass is 10.3. The van der Waals surface area contributed by atoms with Gasteiger partial charge < -0.3 is 9.72 Å². The van der Waals surface area contributed by atoms with Crippen LogP contribution in [0.4, 0.5) is 18.3 Å². The van der Waals surface area contributed by atoms with E-state index in [0.29, 0.717) is 28.9 Å². The quantitative estimate of drug-likeness (QED) is 0.805. The molecule has 0 atom stereocenters. The first-order valence-corrected chi connectivity index (χ1v) is 6.99. The van der Waals surface area contributed by atoms with E-state index < -0.39 is 17.0 Å². The predicted octanol–water partition coefficient (Wildman–Crippen LogP) is 2.99. The zero-order valence-electron chi connectivity index (χ0n) is 11.0. The molecule has 1 N–H and O–H groups in total. The smallest absolute Gasteiger partial charge is 0.307 e. The van der Waals surface area contributed by atoms with Gasteiger partial charge in [-0.3, -0.25) is 4.79 Å². The van der Waals surface area contributed by atoms with Crippen LogP contribution in [0.2, 0.25) is 0 Å². The molecular weight excluding hydrogens is 317 g/mol. The summed E-state index contributed by atoms with van der Waals surface area (Å²) >= 11 is 0.390. The summed E-state index contributed by atoms with van der Waals surface area (Å²) in [6.07, 6.45) is -0.311. The Labute approximate surface area is 126 Å². The molecule has 0 unspecified atom stereocenters. The summed E-state index contributed by atoms with van der Waals surface area (Å²) < 4.78 is 39.1. The third-order valence-corrected chi connectivity index (χ3v) is 3.74. The number of hydrogen-bond donors (Lipinski definition) is 1. The molecule has 0 aliphatic carbocycles. The summed E-state index contributed by atoms with van der Waals surface area (Å²) in [7, 11) is 0. The number of anilines is 1. The Morgan fingerprint density at radius 3 is 2.86 bits per heavy atom. The van der Waals surface area contributed by atoms with E-state index in [-0.39, 0.29) is 11.6 Å². The third-order valence-electron chi connectivity index (χ3n) is 2.79. The number of fused-ring (bicyclic) bond motifs is 1. The molecule has 0 aromatic carbocycles. The van der Waals surface area contributed by atoms with Crippen molar-refractivity contribution < 1.29 is 18.0 Å². The second-order valence-corrected chi connectivity index (χ2v) is 5.48. The Hall–Kier alpha value is -2.42. The number of nitrogens with zero attached hydrogens (tertiary/aromatic N) is 3. The highest BCUT2D eigenvalue weighted by molar-refractivity contribution is 7.15. The zero-order valence-corrected chi connectivity index (χ0v) is 11.8. The molecular formula is C13H9F3N4OS. The van der Waals surface area contributed by atoms with Gasteiger partial charge in [0.1, 0.15) is 10.5 Å². The molecule has 0 radical (unpaired) electrons. The van der Waals surface area contributed by atoms with Crippen LogP contribution in [-0.4, -0.2) is 20.3 Å². The maximum atomic E-state index is 12.4. The number of pyridine rings is 1. The number of halogens is 3. The lowest BCUT2D eigenvalue weighted by Crippen LogP contribution is -2.14. The average Bonchev–Trinajstić information content (AvgIpc) is 3.03. The second kappa shape index (κ2) is 5.41. The zero-order chi connectivity index (χ0) is 15.7. The van der Waals surface area contributed by atoms with Gasteiger partial charge in [-0.05, 0) is 12.1 Å². The van der Waals surface area contributed by atoms with Crippen LogP contribution in [0.5, 0.6) is 0 Å². The Balaban J connectivity index is 1.68. The molecule has 22 heavy (non-hydrogen) atoms. The topological polar surface area (TPSA) is 59.3 Å². The molecule has 3 rings (SSSR count). The number of carbonyl (C=O) groups excluding carboxylic acids is 1. The average molecular weight is 326 g/mol. The number of carbonyl (C=O) groups is 1. The lowest BCUT2D eigenvalue weighted by Gasteiger charge is -2.00. The van der Waals surface area contributed by atoms with Gasteiger partial charge in [0.15, 0.2) is 5.13 Å². The standard InChI is InChI=1S/C13H9F3N4OS/c14-13(15,16)9-6-17-12(22-9)19-11(21)5-8-7-20-4-2-1-3-10(20)18-8/h1-4,6-7H,5H2,(H,17,19,21). The number of nitrogens with one attached hydrogen (secondary N) is 1. The summed E-state index contributed by atoms with van der Waals surface area (Å²) in [5.74, 6) is -0.466. The van der Waals surface area contributed by atoms with Crippen molar-refractivity contribution in [2.45, 2.75) is 12.6 Å². The van der Waals surface area contributed by atoms with E-state index in [4.69, 9.17) is 0 Å². The normalized spacial score (nSPS) is 11.8. The Morgan fingerprint density at radius 2 is 2.18 bits per heavy atom. The molecule has 0 saturated heterocycles. The van der Waals surface area contributed by atoms with E-state index in [2.05, 4.69) is 15.3 Å². The molecule has 114 valence electrons. The van der Waals surface area contributed by atoms with Crippen molar-refractivity contribution in [3.63, 3.8) is 0 Å². The maximum Gasteiger partial charge on any atom is 0.427 e. The minimum atomic E-state index is -4.46. The number of hydrogen-bond acceptors (Lipinski definition) is 4. The van der Waals surface area contributed by atoms with Crippen LogP contribution >= 0.6 is 11.3 Å². The second-order valence-electron chi connectivity index (χ2n) is 4.45. The Kier molecular flexibility index (Phi) is 3.57. The van der Waals surface area contributed by atoms with Gasteiger partial charge in [-0.2, -0.15) is 13.2 Å². The van der Waals surface area contributed by atoms with Gasteiger partial charge in [-0.1, -0.05) is 17.4 Å². The molecule has 0 fully saturated rings.